The second-order valence-corrected chi connectivity index (χ2v) is 9.18. The van der Waals surface area contributed by atoms with Gasteiger partial charge in [0.05, 0.1) is 12.0 Å². The molecule has 0 aromatic heterocycles. The second-order valence-electron chi connectivity index (χ2n) is 7.50. The van der Waals surface area contributed by atoms with Crippen LogP contribution in [0.2, 0.25) is 0 Å². The van der Waals surface area contributed by atoms with Crippen LogP contribution < -0.4 is 10.1 Å². The first-order valence-electron chi connectivity index (χ1n) is 10.5. The van der Waals surface area contributed by atoms with Crippen molar-refractivity contribution in [1.82, 2.24) is 4.90 Å². The predicted molar refractivity (Wildman–Crippen MR) is 135 cm³/mol. The van der Waals surface area contributed by atoms with Crippen LogP contribution in [0.3, 0.4) is 0 Å². The molecule has 8 nitrogen and oxygen atoms in total. The number of thiocarbonyl (C=S) groups is 1. The van der Waals surface area contributed by atoms with Crippen LogP contribution in [0.25, 0.3) is 6.08 Å². The maximum Gasteiger partial charge on any atom is 0.339 e. The lowest BCUT2D eigenvalue weighted by Gasteiger charge is -2.14. The van der Waals surface area contributed by atoms with E-state index in [1.807, 2.05) is 30.3 Å². The zero-order valence-corrected chi connectivity index (χ0v) is 20.1. The molecule has 2 aromatic carbocycles. The van der Waals surface area contributed by atoms with Crippen molar-refractivity contribution in [2.45, 2.75) is 25.7 Å². The van der Waals surface area contributed by atoms with E-state index >= 15 is 0 Å². The third-order valence-corrected chi connectivity index (χ3v) is 6.46. The summed E-state index contributed by atoms with van der Waals surface area (Å²) in [6, 6.07) is 11.3. The fraction of sp³-hybridized carbons (Fsp3) is 0.250. The SMILES string of the molecule is COc1ccc(/C=C2\SC(=S)N(CCCCCC(=O)Nc3ccc(O)c(C(=O)O)c3)C2=O)cc1. The molecule has 0 saturated carbocycles. The van der Waals surface area contributed by atoms with E-state index < -0.39 is 5.97 Å². The number of anilines is 1. The number of rotatable bonds is 10. The summed E-state index contributed by atoms with van der Waals surface area (Å²) in [6.07, 6.45) is 4.07. The Kier molecular flexibility index (Phi) is 8.67. The van der Waals surface area contributed by atoms with Gasteiger partial charge in [0.15, 0.2) is 0 Å². The summed E-state index contributed by atoms with van der Waals surface area (Å²) >= 11 is 6.64. The Morgan fingerprint density at radius 1 is 1.15 bits per heavy atom. The molecule has 2 aromatic rings. The molecule has 0 spiro atoms. The van der Waals surface area contributed by atoms with Crippen molar-refractivity contribution in [3.8, 4) is 11.5 Å². The van der Waals surface area contributed by atoms with Gasteiger partial charge >= 0.3 is 5.97 Å². The summed E-state index contributed by atoms with van der Waals surface area (Å²) in [6.45, 7) is 0.478. The first kappa shape index (κ1) is 25.3. The number of aromatic carboxylic acids is 1. The van der Waals surface area contributed by atoms with Crippen LogP contribution >= 0.6 is 24.0 Å². The number of hydrogen-bond acceptors (Lipinski definition) is 7. The third-order valence-electron chi connectivity index (χ3n) is 5.08. The van der Waals surface area contributed by atoms with Crippen molar-refractivity contribution >= 4 is 57.8 Å². The normalized spacial score (nSPS) is 14.5. The quantitative estimate of drug-likeness (QED) is 0.189. The van der Waals surface area contributed by atoms with E-state index in [-0.39, 0.29) is 29.5 Å². The highest BCUT2D eigenvalue weighted by Crippen LogP contribution is 2.33. The molecule has 1 fully saturated rings. The second kappa shape index (κ2) is 11.7. The van der Waals surface area contributed by atoms with Crippen molar-refractivity contribution in [2.24, 2.45) is 0 Å². The Morgan fingerprint density at radius 2 is 1.88 bits per heavy atom. The van der Waals surface area contributed by atoms with Crippen LogP contribution in [0.1, 0.15) is 41.6 Å². The van der Waals surface area contributed by atoms with E-state index in [1.165, 1.54) is 30.0 Å². The number of carbonyl (C=O) groups excluding carboxylic acids is 2. The molecule has 0 aliphatic carbocycles. The first-order valence-corrected chi connectivity index (χ1v) is 11.8. The number of nitrogens with zero attached hydrogens (tertiary/aromatic N) is 1. The number of carboxylic acid groups (broad SMARTS) is 1. The molecule has 0 atom stereocenters. The molecule has 1 aliphatic heterocycles. The lowest BCUT2D eigenvalue weighted by molar-refractivity contribution is -0.122. The Morgan fingerprint density at radius 3 is 2.56 bits per heavy atom. The molecule has 178 valence electrons. The summed E-state index contributed by atoms with van der Waals surface area (Å²) in [7, 11) is 1.60. The lowest BCUT2D eigenvalue weighted by atomic mass is 10.1. The van der Waals surface area contributed by atoms with Gasteiger partial charge in [-0.05, 0) is 54.8 Å². The van der Waals surface area contributed by atoms with Gasteiger partial charge in [-0.15, -0.1) is 0 Å². The molecule has 1 saturated heterocycles. The first-order chi connectivity index (χ1) is 16.3. The standard InChI is InChI=1S/C24H24N2O6S2/c1-32-17-9-6-15(7-10-17)13-20-22(29)26(24(33)34-20)12-4-2-3-5-21(28)25-16-8-11-19(27)18(14-16)23(30)31/h6-11,13-14,27H,2-5,12H2,1H3,(H,25,28)(H,30,31)/b20-13-. The predicted octanol–water partition coefficient (Wildman–Crippen LogP) is 4.50. The molecule has 10 heteroatoms. The van der Waals surface area contributed by atoms with Gasteiger partial charge in [-0.3, -0.25) is 14.5 Å². The highest BCUT2D eigenvalue weighted by Gasteiger charge is 2.31. The lowest BCUT2D eigenvalue weighted by Crippen LogP contribution is -2.29. The number of nitrogens with one attached hydrogen (secondary N) is 1. The van der Waals surface area contributed by atoms with Crippen LogP contribution in [0.5, 0.6) is 11.5 Å². The number of aromatic hydroxyl groups is 1. The number of hydrogen-bond donors (Lipinski definition) is 3. The fourth-order valence-electron chi connectivity index (χ4n) is 3.29. The van der Waals surface area contributed by atoms with Gasteiger partial charge in [-0.25, -0.2) is 4.79 Å². The molecule has 34 heavy (non-hydrogen) atoms. The smallest absolute Gasteiger partial charge is 0.339 e. The Bertz CT molecular complexity index is 1130. The van der Waals surface area contributed by atoms with Crippen LogP contribution in [-0.2, 0) is 9.59 Å². The molecule has 2 amide bonds. The van der Waals surface area contributed by atoms with E-state index in [0.29, 0.717) is 34.3 Å². The van der Waals surface area contributed by atoms with Gasteiger partial charge in [0.2, 0.25) is 5.91 Å². The van der Waals surface area contributed by atoms with E-state index in [0.717, 1.165) is 17.7 Å². The number of methoxy groups -OCH3 is 1. The van der Waals surface area contributed by atoms with Gasteiger partial charge in [-0.1, -0.05) is 42.5 Å². The number of unbranched alkanes of at least 4 members (excludes halogenated alkanes) is 2. The molecule has 1 heterocycles. The molecule has 1 aliphatic rings. The highest BCUT2D eigenvalue weighted by atomic mass is 32.2. The zero-order chi connectivity index (χ0) is 24.7. The average molecular weight is 501 g/mol. The monoisotopic (exact) mass is 500 g/mol. The average Bonchev–Trinajstić information content (AvgIpc) is 3.07. The molecule has 3 N–H and O–H groups in total. The summed E-state index contributed by atoms with van der Waals surface area (Å²) in [5, 5.41) is 21.2. The topological polar surface area (TPSA) is 116 Å². The van der Waals surface area contributed by atoms with Crippen molar-refractivity contribution < 1.29 is 29.3 Å². The maximum atomic E-state index is 12.7. The number of ether oxygens (including phenoxy) is 1. The number of carbonyl (C=O) groups is 3. The minimum atomic E-state index is -1.27. The van der Waals surface area contributed by atoms with E-state index in [4.69, 9.17) is 22.1 Å². The summed E-state index contributed by atoms with van der Waals surface area (Å²) in [5.41, 5.74) is 0.917. The van der Waals surface area contributed by atoms with Crippen LogP contribution in [0.15, 0.2) is 47.4 Å². The van der Waals surface area contributed by atoms with Gasteiger partial charge in [0.25, 0.3) is 5.91 Å². The number of thioether (sulfide) groups is 1. The van der Waals surface area contributed by atoms with Gasteiger partial charge in [0.1, 0.15) is 21.4 Å². The number of benzene rings is 2. The fourth-order valence-corrected chi connectivity index (χ4v) is 4.59. The molecule has 0 bridgehead atoms. The number of amides is 2. The number of carboxylic acids is 1. The van der Waals surface area contributed by atoms with Crippen molar-refractivity contribution in [3.63, 3.8) is 0 Å². The van der Waals surface area contributed by atoms with E-state index in [1.54, 1.807) is 12.0 Å². The summed E-state index contributed by atoms with van der Waals surface area (Å²) < 4.78 is 5.66. The van der Waals surface area contributed by atoms with Crippen LogP contribution in [0.4, 0.5) is 5.69 Å². The van der Waals surface area contributed by atoms with Gasteiger partial charge in [-0.2, -0.15) is 0 Å². The zero-order valence-electron chi connectivity index (χ0n) is 18.4. The molecule has 0 unspecified atom stereocenters. The van der Waals surface area contributed by atoms with Gasteiger partial charge in [0, 0.05) is 18.7 Å². The Labute approximate surface area is 206 Å². The van der Waals surface area contributed by atoms with E-state index in [2.05, 4.69) is 5.32 Å². The van der Waals surface area contributed by atoms with Crippen molar-refractivity contribution in [3.05, 3.63) is 58.5 Å². The molecular formula is C24H24N2O6S2. The molecular weight excluding hydrogens is 476 g/mol. The Balaban J connectivity index is 1.43. The third kappa shape index (κ3) is 6.58. The maximum absolute atomic E-state index is 12.7. The van der Waals surface area contributed by atoms with Crippen LogP contribution in [0, 0.1) is 0 Å². The van der Waals surface area contributed by atoms with Gasteiger partial charge < -0.3 is 20.3 Å². The number of phenols is 1. The molecule has 0 radical (unpaired) electrons. The minimum absolute atomic E-state index is 0.120. The summed E-state index contributed by atoms with van der Waals surface area (Å²) in [5.74, 6) is -1.27. The largest absolute Gasteiger partial charge is 0.507 e. The highest BCUT2D eigenvalue weighted by molar-refractivity contribution is 8.26. The Hall–Kier alpha value is -3.37. The summed E-state index contributed by atoms with van der Waals surface area (Å²) in [4.78, 5) is 38.1. The van der Waals surface area contributed by atoms with Crippen molar-refractivity contribution in [1.29, 1.82) is 0 Å². The van der Waals surface area contributed by atoms with Crippen LogP contribution in [-0.4, -0.2) is 50.9 Å². The molecule has 3 rings (SSSR count). The van der Waals surface area contributed by atoms with E-state index in [9.17, 15) is 19.5 Å². The van der Waals surface area contributed by atoms with Crippen molar-refractivity contribution in [2.75, 3.05) is 19.0 Å². The minimum Gasteiger partial charge on any atom is -0.507 e.